The standard InChI is InChI=1S/C15H25N3.ClH/c1-9-12-5-11(15(12,3)4)6-13(9)16-7-14-10(2)17-8-18-14;/h8-9,11-13,16H,5-7H2,1-4H3,(H,17,18);1H/t9-,11-,12-,13-;/m1./s1. The Morgan fingerprint density at radius 2 is 2.16 bits per heavy atom. The second-order valence-electron chi connectivity index (χ2n) is 6.92. The molecular formula is C15H26ClN3. The van der Waals surface area contributed by atoms with E-state index < -0.39 is 0 Å². The number of aryl methyl sites for hydroxylation is 1. The van der Waals surface area contributed by atoms with Crippen LogP contribution in [0.15, 0.2) is 6.33 Å². The van der Waals surface area contributed by atoms with E-state index in [1.54, 1.807) is 6.33 Å². The third-order valence-corrected chi connectivity index (χ3v) is 5.82. The second-order valence-corrected chi connectivity index (χ2v) is 6.92. The maximum atomic E-state index is 4.37. The molecule has 3 aliphatic rings. The number of H-pyrrole nitrogens is 1. The molecule has 1 heterocycles. The highest BCUT2D eigenvalue weighted by Gasteiger charge is 2.55. The Balaban J connectivity index is 0.00000133. The van der Waals surface area contributed by atoms with E-state index in [0.717, 1.165) is 24.3 Å². The van der Waals surface area contributed by atoms with Crippen molar-refractivity contribution in [1.82, 2.24) is 15.3 Å². The highest BCUT2D eigenvalue weighted by molar-refractivity contribution is 5.85. The van der Waals surface area contributed by atoms with Crippen LogP contribution in [-0.2, 0) is 6.54 Å². The van der Waals surface area contributed by atoms with Crippen molar-refractivity contribution in [3.8, 4) is 0 Å². The molecule has 3 fully saturated rings. The Morgan fingerprint density at radius 3 is 2.68 bits per heavy atom. The smallest absolute Gasteiger partial charge is 0.0925 e. The lowest BCUT2D eigenvalue weighted by molar-refractivity contribution is -0.115. The van der Waals surface area contributed by atoms with Crippen molar-refractivity contribution in [3.05, 3.63) is 17.7 Å². The van der Waals surface area contributed by atoms with Crippen LogP contribution in [0.5, 0.6) is 0 Å². The third-order valence-electron chi connectivity index (χ3n) is 5.82. The minimum atomic E-state index is 0. The van der Waals surface area contributed by atoms with Crippen LogP contribution in [0, 0.1) is 30.1 Å². The molecule has 4 heteroatoms. The third kappa shape index (κ3) is 2.31. The molecule has 3 saturated carbocycles. The lowest BCUT2D eigenvalue weighted by Gasteiger charge is -2.62. The number of nitrogens with zero attached hydrogens (tertiary/aromatic N) is 1. The summed E-state index contributed by atoms with van der Waals surface area (Å²) < 4.78 is 0. The SMILES string of the molecule is Cc1[nH]cnc1CN[C@@H]1C[C@H]2C[C@H]([C@H]1C)C2(C)C.Cl. The van der Waals surface area contributed by atoms with Crippen LogP contribution < -0.4 is 5.32 Å². The maximum Gasteiger partial charge on any atom is 0.0925 e. The van der Waals surface area contributed by atoms with Crippen LogP contribution in [-0.4, -0.2) is 16.0 Å². The van der Waals surface area contributed by atoms with Crippen molar-refractivity contribution in [3.63, 3.8) is 0 Å². The monoisotopic (exact) mass is 283 g/mol. The van der Waals surface area contributed by atoms with Crippen molar-refractivity contribution >= 4 is 12.4 Å². The van der Waals surface area contributed by atoms with Gasteiger partial charge in [0.1, 0.15) is 0 Å². The largest absolute Gasteiger partial charge is 0.348 e. The fourth-order valence-electron chi connectivity index (χ4n) is 4.21. The highest BCUT2D eigenvalue weighted by atomic mass is 35.5. The molecule has 3 aliphatic carbocycles. The normalized spacial score (nSPS) is 35.4. The first-order valence-electron chi connectivity index (χ1n) is 7.22. The minimum absolute atomic E-state index is 0. The molecule has 0 amide bonds. The van der Waals surface area contributed by atoms with Gasteiger partial charge in [-0.2, -0.15) is 0 Å². The number of rotatable bonds is 3. The van der Waals surface area contributed by atoms with Crippen molar-refractivity contribution in [2.45, 2.75) is 53.1 Å². The molecule has 19 heavy (non-hydrogen) atoms. The van der Waals surface area contributed by atoms with E-state index >= 15 is 0 Å². The van der Waals surface area contributed by atoms with E-state index in [1.165, 1.54) is 24.2 Å². The van der Waals surface area contributed by atoms with Gasteiger partial charge in [-0.1, -0.05) is 20.8 Å². The fraction of sp³-hybridized carbons (Fsp3) is 0.800. The summed E-state index contributed by atoms with van der Waals surface area (Å²) in [6.07, 6.45) is 4.58. The highest BCUT2D eigenvalue weighted by Crippen LogP contribution is 2.61. The van der Waals surface area contributed by atoms with Gasteiger partial charge in [0, 0.05) is 18.3 Å². The molecule has 108 valence electrons. The number of nitrogens with one attached hydrogen (secondary N) is 2. The average Bonchev–Trinajstić information content (AvgIpc) is 2.73. The van der Waals surface area contributed by atoms with Crippen molar-refractivity contribution < 1.29 is 0 Å². The molecule has 0 spiro atoms. The molecular weight excluding hydrogens is 258 g/mol. The Kier molecular flexibility index (Phi) is 3.99. The number of hydrogen-bond acceptors (Lipinski definition) is 2. The molecule has 3 nitrogen and oxygen atoms in total. The summed E-state index contributed by atoms with van der Waals surface area (Å²) in [5.74, 6) is 2.63. The van der Waals surface area contributed by atoms with Crippen LogP contribution in [0.1, 0.15) is 45.0 Å². The summed E-state index contributed by atoms with van der Waals surface area (Å²) in [6.45, 7) is 10.3. The molecule has 1 aromatic heterocycles. The van der Waals surface area contributed by atoms with Crippen LogP contribution in [0.2, 0.25) is 0 Å². The van der Waals surface area contributed by atoms with Gasteiger partial charge >= 0.3 is 0 Å². The Hall–Kier alpha value is -0.540. The summed E-state index contributed by atoms with van der Waals surface area (Å²) in [4.78, 5) is 7.51. The first kappa shape index (κ1) is 14.9. The van der Waals surface area contributed by atoms with Gasteiger partial charge in [0.05, 0.1) is 12.0 Å². The number of halogens is 1. The van der Waals surface area contributed by atoms with Gasteiger partial charge in [-0.25, -0.2) is 4.98 Å². The first-order chi connectivity index (χ1) is 8.50. The summed E-state index contributed by atoms with van der Waals surface area (Å²) in [5.41, 5.74) is 2.94. The fourth-order valence-corrected chi connectivity index (χ4v) is 4.21. The molecule has 4 atom stereocenters. The summed E-state index contributed by atoms with van der Waals surface area (Å²) >= 11 is 0. The zero-order chi connectivity index (χ0) is 12.9. The minimum Gasteiger partial charge on any atom is -0.348 e. The maximum absolute atomic E-state index is 4.37. The molecule has 0 unspecified atom stereocenters. The Morgan fingerprint density at radius 1 is 1.42 bits per heavy atom. The Bertz CT molecular complexity index is 440. The number of aromatic amines is 1. The van der Waals surface area contributed by atoms with E-state index in [4.69, 9.17) is 0 Å². The van der Waals surface area contributed by atoms with E-state index in [-0.39, 0.29) is 12.4 Å². The molecule has 0 aliphatic heterocycles. The number of fused-ring (bicyclic) bond motifs is 2. The topological polar surface area (TPSA) is 40.7 Å². The molecule has 0 saturated heterocycles. The molecule has 2 bridgehead atoms. The van der Waals surface area contributed by atoms with E-state index in [1.807, 2.05) is 0 Å². The summed E-state index contributed by atoms with van der Waals surface area (Å²) in [6, 6.07) is 0.679. The Labute approximate surface area is 122 Å². The molecule has 4 rings (SSSR count). The first-order valence-corrected chi connectivity index (χ1v) is 7.22. The molecule has 2 N–H and O–H groups in total. The zero-order valence-electron chi connectivity index (χ0n) is 12.4. The van der Waals surface area contributed by atoms with Gasteiger partial charge in [0.2, 0.25) is 0 Å². The summed E-state index contributed by atoms with van der Waals surface area (Å²) in [5, 5.41) is 3.73. The van der Waals surface area contributed by atoms with Gasteiger partial charge < -0.3 is 10.3 Å². The van der Waals surface area contributed by atoms with Gasteiger partial charge in [-0.15, -0.1) is 12.4 Å². The number of aromatic nitrogens is 2. The van der Waals surface area contributed by atoms with E-state index in [2.05, 4.69) is 43.0 Å². The quantitative estimate of drug-likeness (QED) is 0.894. The average molecular weight is 284 g/mol. The van der Waals surface area contributed by atoms with Crippen LogP contribution in [0.4, 0.5) is 0 Å². The lowest BCUT2D eigenvalue weighted by Crippen LogP contribution is -2.59. The van der Waals surface area contributed by atoms with E-state index in [9.17, 15) is 0 Å². The van der Waals surface area contributed by atoms with Crippen molar-refractivity contribution in [2.24, 2.45) is 23.2 Å². The number of hydrogen-bond donors (Lipinski definition) is 2. The zero-order valence-corrected chi connectivity index (χ0v) is 13.2. The lowest BCUT2D eigenvalue weighted by atomic mass is 9.45. The second kappa shape index (κ2) is 5.10. The van der Waals surface area contributed by atoms with Crippen molar-refractivity contribution in [2.75, 3.05) is 0 Å². The summed E-state index contributed by atoms with van der Waals surface area (Å²) in [7, 11) is 0. The molecule has 0 aromatic carbocycles. The van der Waals surface area contributed by atoms with Gasteiger partial charge in [-0.05, 0) is 42.9 Å². The predicted molar refractivity (Wildman–Crippen MR) is 80.4 cm³/mol. The molecule has 0 radical (unpaired) electrons. The predicted octanol–water partition coefficient (Wildman–Crippen LogP) is 3.30. The van der Waals surface area contributed by atoms with Crippen LogP contribution >= 0.6 is 12.4 Å². The van der Waals surface area contributed by atoms with Gasteiger partial charge in [0.25, 0.3) is 0 Å². The molecule has 1 aromatic rings. The van der Waals surface area contributed by atoms with Gasteiger partial charge in [0.15, 0.2) is 0 Å². The van der Waals surface area contributed by atoms with E-state index in [0.29, 0.717) is 11.5 Å². The number of imidazole rings is 1. The van der Waals surface area contributed by atoms with Crippen LogP contribution in [0.25, 0.3) is 0 Å². The van der Waals surface area contributed by atoms with Crippen molar-refractivity contribution in [1.29, 1.82) is 0 Å². The van der Waals surface area contributed by atoms with Gasteiger partial charge in [-0.3, -0.25) is 0 Å². The van der Waals surface area contributed by atoms with Crippen LogP contribution in [0.3, 0.4) is 0 Å².